The molecule has 2 heterocycles. The molecule has 1 unspecified atom stereocenters. The summed E-state index contributed by atoms with van der Waals surface area (Å²) < 4.78 is 17.5. The smallest absolute Gasteiger partial charge is 0.339 e. The van der Waals surface area contributed by atoms with Gasteiger partial charge in [0.1, 0.15) is 5.01 Å². The van der Waals surface area contributed by atoms with Crippen LogP contribution in [0.15, 0.2) is 45.4 Å². The van der Waals surface area contributed by atoms with Crippen LogP contribution in [0.1, 0.15) is 28.0 Å². The molecule has 9 heteroatoms. The molecule has 2 aromatic heterocycles. The van der Waals surface area contributed by atoms with Crippen LogP contribution in [-0.4, -0.2) is 26.8 Å². The van der Waals surface area contributed by atoms with Gasteiger partial charge in [0.15, 0.2) is 0 Å². The lowest BCUT2D eigenvalue weighted by molar-refractivity contribution is 0.0525. The zero-order valence-corrected chi connectivity index (χ0v) is 17.5. The number of benzene rings is 1. The number of carbonyl (C=O) groups excluding carboxylic acids is 1. The molecule has 0 aliphatic rings. The SMILES string of the molecule is CCOC(=O)c1cc(-c2csc(CS(=O)c3ccc(Cl)cc3)n2)c(=O)[nH]c1C. The van der Waals surface area contributed by atoms with Crippen molar-refractivity contribution in [2.45, 2.75) is 24.5 Å². The average molecular weight is 437 g/mol. The summed E-state index contributed by atoms with van der Waals surface area (Å²) >= 11 is 7.16. The van der Waals surface area contributed by atoms with Crippen molar-refractivity contribution in [3.05, 3.63) is 67.4 Å². The molecule has 0 amide bonds. The van der Waals surface area contributed by atoms with E-state index in [1.54, 1.807) is 43.5 Å². The summed E-state index contributed by atoms with van der Waals surface area (Å²) in [6, 6.07) is 8.28. The van der Waals surface area contributed by atoms with Gasteiger partial charge in [-0.05, 0) is 44.2 Å². The van der Waals surface area contributed by atoms with Gasteiger partial charge in [0.2, 0.25) is 0 Å². The highest BCUT2D eigenvalue weighted by Gasteiger charge is 2.17. The van der Waals surface area contributed by atoms with Crippen LogP contribution in [0.5, 0.6) is 0 Å². The summed E-state index contributed by atoms with van der Waals surface area (Å²) in [5.74, 6) is -0.280. The zero-order chi connectivity index (χ0) is 20.3. The molecule has 3 rings (SSSR count). The Hall–Kier alpha value is -2.29. The fraction of sp³-hybridized carbons (Fsp3) is 0.211. The largest absolute Gasteiger partial charge is 0.462 e. The van der Waals surface area contributed by atoms with Gasteiger partial charge in [0, 0.05) is 21.0 Å². The second-order valence-electron chi connectivity index (χ2n) is 5.84. The van der Waals surface area contributed by atoms with Crippen molar-refractivity contribution in [1.82, 2.24) is 9.97 Å². The molecule has 3 aromatic rings. The first-order chi connectivity index (χ1) is 13.4. The molecular formula is C19H17ClN2O4S2. The van der Waals surface area contributed by atoms with Gasteiger partial charge >= 0.3 is 5.97 Å². The number of hydrogen-bond donors (Lipinski definition) is 1. The van der Waals surface area contributed by atoms with Gasteiger partial charge in [-0.2, -0.15) is 0 Å². The first-order valence-corrected chi connectivity index (χ1v) is 11.0. The van der Waals surface area contributed by atoms with Crippen molar-refractivity contribution in [2.24, 2.45) is 0 Å². The number of ether oxygens (including phenoxy) is 1. The number of aryl methyl sites for hydroxylation is 1. The first-order valence-electron chi connectivity index (χ1n) is 8.38. The fourth-order valence-corrected chi connectivity index (χ4v) is 4.71. The van der Waals surface area contributed by atoms with Crippen LogP contribution < -0.4 is 5.56 Å². The van der Waals surface area contributed by atoms with Crippen molar-refractivity contribution in [3.63, 3.8) is 0 Å². The van der Waals surface area contributed by atoms with E-state index in [1.807, 2.05) is 0 Å². The van der Waals surface area contributed by atoms with E-state index in [0.717, 1.165) is 0 Å². The summed E-state index contributed by atoms with van der Waals surface area (Å²) in [5, 5.41) is 2.91. The predicted molar refractivity (Wildman–Crippen MR) is 110 cm³/mol. The molecule has 6 nitrogen and oxygen atoms in total. The topological polar surface area (TPSA) is 89.1 Å². The Morgan fingerprint density at radius 1 is 1.32 bits per heavy atom. The third-order valence-electron chi connectivity index (χ3n) is 3.89. The Kier molecular flexibility index (Phi) is 6.43. The minimum atomic E-state index is -1.28. The van der Waals surface area contributed by atoms with Crippen LogP contribution in [0, 0.1) is 6.92 Å². The Balaban J connectivity index is 1.86. The minimum Gasteiger partial charge on any atom is -0.462 e. The molecule has 0 fully saturated rings. The lowest BCUT2D eigenvalue weighted by Gasteiger charge is -2.06. The number of aromatic nitrogens is 2. The van der Waals surface area contributed by atoms with Crippen LogP contribution in [0.3, 0.4) is 0 Å². The molecule has 1 aromatic carbocycles. The average Bonchev–Trinajstić information content (AvgIpc) is 3.10. The van der Waals surface area contributed by atoms with E-state index < -0.39 is 16.8 Å². The quantitative estimate of drug-likeness (QED) is 0.591. The third-order valence-corrected chi connectivity index (χ3v) is 6.51. The Morgan fingerprint density at radius 3 is 2.71 bits per heavy atom. The molecule has 1 N–H and O–H groups in total. The molecule has 0 saturated heterocycles. The minimum absolute atomic E-state index is 0.223. The number of aromatic amines is 1. The highest BCUT2D eigenvalue weighted by molar-refractivity contribution is 7.84. The third kappa shape index (κ3) is 4.57. The van der Waals surface area contributed by atoms with Crippen molar-refractivity contribution >= 4 is 39.7 Å². The number of halogens is 1. The number of pyridine rings is 1. The van der Waals surface area contributed by atoms with Gasteiger partial charge < -0.3 is 9.72 Å². The van der Waals surface area contributed by atoms with Crippen LogP contribution in [0.25, 0.3) is 11.3 Å². The van der Waals surface area contributed by atoms with Crippen molar-refractivity contribution in [2.75, 3.05) is 6.61 Å². The van der Waals surface area contributed by atoms with E-state index in [-0.39, 0.29) is 29.0 Å². The van der Waals surface area contributed by atoms with Crippen LogP contribution in [0.2, 0.25) is 5.02 Å². The lowest BCUT2D eigenvalue weighted by atomic mass is 10.1. The first kappa shape index (κ1) is 20.4. The van der Waals surface area contributed by atoms with Gasteiger partial charge in [-0.15, -0.1) is 11.3 Å². The summed E-state index contributed by atoms with van der Waals surface area (Å²) in [6.07, 6.45) is 0. The van der Waals surface area contributed by atoms with Gasteiger partial charge in [-0.1, -0.05) is 11.6 Å². The summed E-state index contributed by atoms with van der Waals surface area (Å²) in [6.45, 7) is 3.59. The van der Waals surface area contributed by atoms with E-state index in [2.05, 4.69) is 9.97 Å². The van der Waals surface area contributed by atoms with E-state index in [4.69, 9.17) is 16.3 Å². The van der Waals surface area contributed by atoms with Crippen molar-refractivity contribution in [1.29, 1.82) is 0 Å². The molecule has 28 heavy (non-hydrogen) atoms. The number of hydrogen-bond acceptors (Lipinski definition) is 6. The predicted octanol–water partition coefficient (Wildman–Crippen LogP) is 3.94. The maximum absolute atomic E-state index is 12.5. The Bertz CT molecular complexity index is 1090. The fourth-order valence-electron chi connectivity index (χ4n) is 2.52. The van der Waals surface area contributed by atoms with Crippen LogP contribution in [-0.2, 0) is 21.3 Å². The Labute approximate surface area is 173 Å². The standard InChI is InChI=1S/C19H17ClN2O4S2/c1-3-26-19(24)14-8-15(18(23)21-11(14)2)16-9-27-17(22-16)10-28(25)13-6-4-12(20)5-7-13/h4-9H,3,10H2,1-2H3,(H,21,23). The highest BCUT2D eigenvalue weighted by atomic mass is 35.5. The molecular weight excluding hydrogens is 420 g/mol. The van der Waals surface area contributed by atoms with Crippen molar-refractivity contribution < 1.29 is 13.7 Å². The van der Waals surface area contributed by atoms with Gasteiger partial charge in [-0.3, -0.25) is 9.00 Å². The highest BCUT2D eigenvalue weighted by Crippen LogP contribution is 2.23. The summed E-state index contributed by atoms with van der Waals surface area (Å²) in [4.78, 5) is 32.2. The van der Waals surface area contributed by atoms with E-state index in [1.165, 1.54) is 17.4 Å². The number of rotatable bonds is 6. The van der Waals surface area contributed by atoms with Crippen LogP contribution in [0.4, 0.5) is 0 Å². The number of nitrogens with zero attached hydrogens (tertiary/aromatic N) is 1. The maximum Gasteiger partial charge on any atom is 0.339 e. The van der Waals surface area contributed by atoms with E-state index in [9.17, 15) is 13.8 Å². The molecule has 0 aliphatic carbocycles. The van der Waals surface area contributed by atoms with Crippen LogP contribution >= 0.6 is 22.9 Å². The van der Waals surface area contributed by atoms with Gasteiger partial charge in [-0.25, -0.2) is 9.78 Å². The lowest BCUT2D eigenvalue weighted by Crippen LogP contribution is -2.16. The van der Waals surface area contributed by atoms with Gasteiger partial charge in [0.25, 0.3) is 5.56 Å². The number of thiazole rings is 1. The second kappa shape index (κ2) is 8.81. The molecule has 1 atom stereocenters. The molecule has 0 aliphatic heterocycles. The molecule has 0 bridgehead atoms. The van der Waals surface area contributed by atoms with Gasteiger partial charge in [0.05, 0.1) is 40.0 Å². The molecule has 146 valence electrons. The monoisotopic (exact) mass is 436 g/mol. The maximum atomic E-state index is 12.5. The zero-order valence-electron chi connectivity index (χ0n) is 15.2. The number of nitrogens with one attached hydrogen (secondary N) is 1. The molecule has 0 saturated carbocycles. The summed E-state index contributed by atoms with van der Waals surface area (Å²) in [7, 11) is -1.28. The van der Waals surface area contributed by atoms with E-state index in [0.29, 0.717) is 26.3 Å². The van der Waals surface area contributed by atoms with E-state index >= 15 is 0 Å². The second-order valence-corrected chi connectivity index (χ2v) is 8.67. The van der Waals surface area contributed by atoms with Crippen molar-refractivity contribution in [3.8, 4) is 11.3 Å². The number of carbonyl (C=O) groups is 1. The molecule has 0 radical (unpaired) electrons. The molecule has 0 spiro atoms. The summed E-state index contributed by atoms with van der Waals surface area (Å²) in [5.41, 5.74) is 1.08. The normalized spacial score (nSPS) is 12.0. The number of esters is 1. The Morgan fingerprint density at radius 2 is 2.04 bits per heavy atom. The number of H-pyrrole nitrogens is 1.